The van der Waals surface area contributed by atoms with Gasteiger partial charge in [0.05, 0.1) is 18.2 Å². The molecule has 0 amide bonds. The Morgan fingerprint density at radius 2 is 1.70 bits per heavy atom. The van der Waals surface area contributed by atoms with Gasteiger partial charge in [-0.2, -0.15) is 0 Å². The van der Waals surface area contributed by atoms with Crippen LogP contribution in [-0.2, 0) is 6.54 Å². The fourth-order valence-electron chi connectivity index (χ4n) is 4.29. The third-order valence-electron chi connectivity index (χ3n) is 6.19. The number of imidazole rings is 1. The van der Waals surface area contributed by atoms with E-state index >= 15 is 0 Å². The third kappa shape index (κ3) is 4.32. The molecule has 2 fully saturated rings. The summed E-state index contributed by atoms with van der Waals surface area (Å²) in [5, 5.41) is 0. The molecular weight excluding hydrogens is 336 g/mol. The number of anilines is 1. The fraction of sp³-hybridized carbons (Fsp3) is 0.667. The molecule has 0 N–H and O–H groups in total. The first-order chi connectivity index (χ1) is 13.2. The van der Waals surface area contributed by atoms with Crippen LogP contribution in [0.15, 0.2) is 24.9 Å². The van der Waals surface area contributed by atoms with Gasteiger partial charge in [0.25, 0.3) is 0 Å². The highest BCUT2D eigenvalue weighted by Crippen LogP contribution is 2.23. The van der Waals surface area contributed by atoms with Crippen LogP contribution in [0, 0.1) is 5.92 Å². The number of hydrogen-bond donors (Lipinski definition) is 0. The van der Waals surface area contributed by atoms with Crippen LogP contribution in [0.4, 0.5) is 5.95 Å². The highest BCUT2D eigenvalue weighted by Gasteiger charge is 2.20. The number of nitrogens with zero attached hydrogens (tertiary/aromatic N) is 6. The van der Waals surface area contributed by atoms with Crippen molar-refractivity contribution in [1.29, 1.82) is 0 Å². The summed E-state index contributed by atoms with van der Waals surface area (Å²) in [6.07, 6.45) is 14.3. The van der Waals surface area contributed by atoms with Crippen LogP contribution < -0.4 is 4.90 Å². The summed E-state index contributed by atoms with van der Waals surface area (Å²) in [4.78, 5) is 18.6. The molecule has 0 radical (unpaired) electrons. The highest BCUT2D eigenvalue weighted by molar-refractivity contribution is 5.57. The molecule has 0 aliphatic carbocycles. The zero-order chi connectivity index (χ0) is 18.6. The van der Waals surface area contributed by atoms with Crippen LogP contribution >= 0.6 is 0 Å². The summed E-state index contributed by atoms with van der Waals surface area (Å²) in [6, 6.07) is 0.522. The highest BCUT2D eigenvalue weighted by atomic mass is 15.2. The molecule has 2 aliphatic rings. The van der Waals surface area contributed by atoms with E-state index in [0.717, 1.165) is 42.8 Å². The number of aromatic nitrogens is 4. The summed E-state index contributed by atoms with van der Waals surface area (Å²) in [5.41, 5.74) is 2.16. The number of rotatable bonds is 5. The van der Waals surface area contributed by atoms with Gasteiger partial charge < -0.3 is 9.47 Å². The van der Waals surface area contributed by atoms with Crippen molar-refractivity contribution in [3.63, 3.8) is 0 Å². The Morgan fingerprint density at radius 3 is 2.41 bits per heavy atom. The van der Waals surface area contributed by atoms with Crippen LogP contribution in [0.25, 0.3) is 11.3 Å². The lowest BCUT2D eigenvalue weighted by Crippen LogP contribution is -2.39. The standard InChI is InChI=1S/C21H32N6/c1-17-6-10-26(11-7-17)21-23-12-19(13-24-21)20-14-22-16-27(20)15-18(2)25-8-4-3-5-9-25/h12-14,16-18H,3-11,15H2,1-2H3. The van der Waals surface area contributed by atoms with Crippen molar-refractivity contribution in [3.8, 4) is 11.3 Å². The Kier molecular flexibility index (Phi) is 5.72. The summed E-state index contributed by atoms with van der Waals surface area (Å²) in [5.74, 6) is 1.68. The summed E-state index contributed by atoms with van der Waals surface area (Å²) in [7, 11) is 0. The molecule has 0 saturated carbocycles. The quantitative estimate of drug-likeness (QED) is 0.809. The molecule has 2 aliphatic heterocycles. The van der Waals surface area contributed by atoms with Crippen molar-refractivity contribution in [2.24, 2.45) is 5.92 Å². The van der Waals surface area contributed by atoms with Crippen molar-refractivity contribution in [2.45, 2.75) is 58.5 Å². The van der Waals surface area contributed by atoms with E-state index < -0.39 is 0 Å². The van der Waals surface area contributed by atoms with E-state index in [1.807, 2.05) is 24.9 Å². The van der Waals surface area contributed by atoms with E-state index in [-0.39, 0.29) is 0 Å². The van der Waals surface area contributed by atoms with Crippen molar-refractivity contribution in [3.05, 3.63) is 24.9 Å². The molecule has 0 spiro atoms. The first-order valence-corrected chi connectivity index (χ1v) is 10.5. The van der Waals surface area contributed by atoms with E-state index in [9.17, 15) is 0 Å². The number of piperidine rings is 2. The third-order valence-corrected chi connectivity index (χ3v) is 6.19. The van der Waals surface area contributed by atoms with Gasteiger partial charge in [-0.3, -0.25) is 4.90 Å². The maximum atomic E-state index is 4.66. The van der Waals surface area contributed by atoms with E-state index in [1.54, 1.807) is 0 Å². The first kappa shape index (κ1) is 18.4. The fourth-order valence-corrected chi connectivity index (χ4v) is 4.29. The summed E-state index contributed by atoms with van der Waals surface area (Å²) in [6.45, 7) is 10.2. The van der Waals surface area contributed by atoms with Gasteiger partial charge in [0.15, 0.2) is 0 Å². The van der Waals surface area contributed by atoms with E-state index in [4.69, 9.17) is 0 Å². The molecule has 2 aromatic heterocycles. The molecule has 0 aromatic carbocycles. The van der Waals surface area contributed by atoms with Gasteiger partial charge in [0, 0.05) is 43.6 Å². The Labute approximate surface area is 162 Å². The Morgan fingerprint density at radius 1 is 1.00 bits per heavy atom. The van der Waals surface area contributed by atoms with Crippen molar-refractivity contribution in [1.82, 2.24) is 24.4 Å². The second-order valence-corrected chi connectivity index (χ2v) is 8.32. The molecule has 2 saturated heterocycles. The lowest BCUT2D eigenvalue weighted by atomic mass is 10.00. The molecular formula is C21H32N6. The van der Waals surface area contributed by atoms with E-state index in [1.165, 1.54) is 45.2 Å². The minimum absolute atomic E-state index is 0.522. The maximum Gasteiger partial charge on any atom is 0.225 e. The SMILES string of the molecule is CC1CCN(c2ncc(-c3cncn3CC(C)N3CCCCC3)cn2)CC1. The zero-order valence-electron chi connectivity index (χ0n) is 16.7. The summed E-state index contributed by atoms with van der Waals surface area (Å²) >= 11 is 0. The monoisotopic (exact) mass is 368 g/mol. The van der Waals surface area contributed by atoms with Crippen LogP contribution in [-0.4, -0.2) is 56.6 Å². The van der Waals surface area contributed by atoms with Crippen LogP contribution in [0.5, 0.6) is 0 Å². The Hall–Kier alpha value is -1.95. The van der Waals surface area contributed by atoms with Crippen LogP contribution in [0.2, 0.25) is 0 Å². The number of hydrogen-bond acceptors (Lipinski definition) is 5. The van der Waals surface area contributed by atoms with Crippen molar-refractivity contribution in [2.75, 3.05) is 31.1 Å². The minimum atomic E-state index is 0.522. The minimum Gasteiger partial charge on any atom is -0.341 e. The Bertz CT molecular complexity index is 711. The van der Waals surface area contributed by atoms with Gasteiger partial charge in [-0.25, -0.2) is 15.0 Å². The van der Waals surface area contributed by atoms with Crippen LogP contribution in [0.3, 0.4) is 0 Å². The predicted molar refractivity (Wildman–Crippen MR) is 109 cm³/mol. The normalized spacial score (nSPS) is 20.7. The lowest BCUT2D eigenvalue weighted by Gasteiger charge is -2.32. The molecule has 6 heteroatoms. The van der Waals surface area contributed by atoms with Gasteiger partial charge in [-0.15, -0.1) is 0 Å². The molecule has 6 nitrogen and oxygen atoms in total. The van der Waals surface area contributed by atoms with E-state index in [2.05, 4.69) is 43.2 Å². The molecule has 0 bridgehead atoms. The topological polar surface area (TPSA) is 50.1 Å². The van der Waals surface area contributed by atoms with Gasteiger partial charge in [0.1, 0.15) is 0 Å². The lowest BCUT2D eigenvalue weighted by molar-refractivity contribution is 0.160. The first-order valence-electron chi connectivity index (χ1n) is 10.5. The van der Waals surface area contributed by atoms with Crippen molar-refractivity contribution < 1.29 is 0 Å². The van der Waals surface area contributed by atoms with Gasteiger partial charge in [-0.1, -0.05) is 13.3 Å². The average molecular weight is 369 g/mol. The Balaban J connectivity index is 1.44. The maximum absolute atomic E-state index is 4.66. The predicted octanol–water partition coefficient (Wildman–Crippen LogP) is 3.45. The number of likely N-dealkylation sites (tertiary alicyclic amines) is 1. The van der Waals surface area contributed by atoms with Gasteiger partial charge >= 0.3 is 0 Å². The molecule has 2 aromatic rings. The van der Waals surface area contributed by atoms with Gasteiger partial charge in [0.2, 0.25) is 5.95 Å². The van der Waals surface area contributed by atoms with Crippen LogP contribution in [0.1, 0.15) is 46.0 Å². The average Bonchev–Trinajstić information content (AvgIpc) is 3.17. The smallest absolute Gasteiger partial charge is 0.225 e. The molecule has 27 heavy (non-hydrogen) atoms. The molecule has 4 rings (SSSR count). The molecule has 146 valence electrons. The summed E-state index contributed by atoms with van der Waals surface area (Å²) < 4.78 is 2.25. The second kappa shape index (κ2) is 8.38. The molecule has 1 unspecified atom stereocenters. The zero-order valence-corrected chi connectivity index (χ0v) is 16.7. The largest absolute Gasteiger partial charge is 0.341 e. The molecule has 4 heterocycles. The van der Waals surface area contributed by atoms with E-state index in [0.29, 0.717) is 6.04 Å². The van der Waals surface area contributed by atoms with Crippen molar-refractivity contribution >= 4 is 5.95 Å². The molecule has 1 atom stereocenters. The second-order valence-electron chi connectivity index (χ2n) is 8.32. The van der Waals surface area contributed by atoms with Gasteiger partial charge in [-0.05, 0) is 51.6 Å².